The molecule has 0 aromatic carbocycles. The molecule has 0 aliphatic carbocycles. The summed E-state index contributed by atoms with van der Waals surface area (Å²) in [5.41, 5.74) is -0.557. The molecule has 2 aliphatic heterocycles. The summed E-state index contributed by atoms with van der Waals surface area (Å²) in [6.07, 6.45) is 4.99. The summed E-state index contributed by atoms with van der Waals surface area (Å²) in [6.45, 7) is 4.72. The van der Waals surface area contributed by atoms with Gasteiger partial charge in [0.15, 0.2) is 11.6 Å². The van der Waals surface area contributed by atoms with Crippen LogP contribution in [0.1, 0.15) is 39.0 Å². The smallest absolute Gasteiger partial charge is 0.227 e. The van der Waals surface area contributed by atoms with Gasteiger partial charge >= 0.3 is 0 Å². The zero-order valence-electron chi connectivity index (χ0n) is 14.3. The quantitative estimate of drug-likeness (QED) is 0.849. The second kappa shape index (κ2) is 7.19. The maximum atomic E-state index is 14.1. The number of rotatable bonds is 5. The molecule has 2 saturated heterocycles. The van der Waals surface area contributed by atoms with Crippen LogP contribution in [0.4, 0.5) is 16.2 Å². The normalized spacial score (nSPS) is 27.8. The molecule has 0 spiro atoms. The Kier molecular flexibility index (Phi) is 5.20. The van der Waals surface area contributed by atoms with Gasteiger partial charge in [0.25, 0.3) is 0 Å². The zero-order chi connectivity index (χ0) is 17.2. The molecule has 3 rings (SSSR count). The van der Waals surface area contributed by atoms with Crippen LogP contribution in [0.5, 0.6) is 0 Å². The molecule has 7 heteroatoms. The Bertz CT molecular complexity index is 568. The topological polar surface area (TPSA) is 72.7 Å². The van der Waals surface area contributed by atoms with Gasteiger partial charge in [-0.25, -0.2) is 9.37 Å². The lowest BCUT2D eigenvalue weighted by molar-refractivity contribution is -0.0354. The Balaban J connectivity index is 1.84. The molecular weight excluding hydrogens is 311 g/mol. The molecule has 1 aromatic heterocycles. The van der Waals surface area contributed by atoms with Crippen molar-refractivity contribution >= 4 is 11.8 Å². The summed E-state index contributed by atoms with van der Waals surface area (Å²) in [5, 5.41) is 20.3. The van der Waals surface area contributed by atoms with Gasteiger partial charge in [0.1, 0.15) is 0 Å². The fourth-order valence-electron chi connectivity index (χ4n) is 3.95. The van der Waals surface area contributed by atoms with Crippen LogP contribution in [0, 0.1) is 11.2 Å². The summed E-state index contributed by atoms with van der Waals surface area (Å²) in [6, 6.07) is 0. The zero-order valence-corrected chi connectivity index (χ0v) is 14.3. The number of aromatic nitrogens is 2. The summed E-state index contributed by atoms with van der Waals surface area (Å²) in [7, 11) is 0. The first-order valence-electron chi connectivity index (χ1n) is 8.91. The summed E-state index contributed by atoms with van der Waals surface area (Å²) in [4.78, 5) is 12.6. The van der Waals surface area contributed by atoms with Crippen molar-refractivity contribution in [3.63, 3.8) is 0 Å². The van der Waals surface area contributed by atoms with Crippen molar-refractivity contribution < 1.29 is 14.6 Å². The van der Waals surface area contributed by atoms with Crippen molar-refractivity contribution in [3.8, 4) is 0 Å². The molecule has 2 N–H and O–H groups in total. The van der Waals surface area contributed by atoms with E-state index in [-0.39, 0.29) is 12.4 Å². The van der Waals surface area contributed by atoms with E-state index in [1.54, 1.807) is 0 Å². The highest BCUT2D eigenvalue weighted by Gasteiger charge is 2.42. The second-order valence-corrected chi connectivity index (χ2v) is 7.03. The lowest BCUT2D eigenvalue weighted by Gasteiger charge is -2.45. The first-order chi connectivity index (χ1) is 11.6. The maximum Gasteiger partial charge on any atom is 0.227 e. The Hall–Kier alpha value is -1.47. The number of aliphatic hydroxyl groups excluding tert-OH is 2. The SMILES string of the molecule is CCC[C@@]1(CO)CN(c2ncc(F)c(N3CCCC3)n2)CC[C@@H]1O. The van der Waals surface area contributed by atoms with Gasteiger partial charge < -0.3 is 20.0 Å². The van der Waals surface area contributed by atoms with Gasteiger partial charge in [0.05, 0.1) is 18.9 Å². The van der Waals surface area contributed by atoms with Crippen molar-refractivity contribution in [2.75, 3.05) is 42.6 Å². The van der Waals surface area contributed by atoms with Crippen LogP contribution in [-0.2, 0) is 0 Å². The van der Waals surface area contributed by atoms with Gasteiger partial charge in [0, 0.05) is 31.6 Å². The average Bonchev–Trinajstić information content (AvgIpc) is 3.12. The van der Waals surface area contributed by atoms with Crippen LogP contribution in [-0.4, -0.2) is 59.1 Å². The van der Waals surface area contributed by atoms with Crippen molar-refractivity contribution in [1.82, 2.24) is 9.97 Å². The summed E-state index contributed by atoms with van der Waals surface area (Å²) < 4.78 is 14.1. The molecule has 6 nitrogen and oxygen atoms in total. The standard InChI is InChI=1S/C17H27FN4O2/c1-2-6-17(12-23)11-22(9-5-14(17)24)16-19-10-13(18)15(20-16)21-7-3-4-8-21/h10,14,23-24H,2-9,11-12H2,1H3/t14-,17-/m0/s1. The molecule has 1 aromatic rings. The van der Waals surface area contributed by atoms with E-state index in [9.17, 15) is 14.6 Å². The maximum absolute atomic E-state index is 14.1. The van der Waals surface area contributed by atoms with Gasteiger partial charge in [-0.3, -0.25) is 0 Å². The third-order valence-corrected chi connectivity index (χ3v) is 5.35. The highest BCUT2D eigenvalue weighted by molar-refractivity contribution is 5.46. The number of hydrogen-bond acceptors (Lipinski definition) is 6. The van der Waals surface area contributed by atoms with E-state index in [1.165, 1.54) is 6.20 Å². The Morgan fingerprint density at radius 2 is 2.04 bits per heavy atom. The van der Waals surface area contributed by atoms with E-state index in [0.29, 0.717) is 31.3 Å². The minimum Gasteiger partial charge on any atom is -0.396 e. The van der Waals surface area contributed by atoms with E-state index < -0.39 is 11.5 Å². The molecular formula is C17H27FN4O2. The third kappa shape index (κ3) is 3.19. The predicted molar refractivity (Wildman–Crippen MR) is 90.7 cm³/mol. The van der Waals surface area contributed by atoms with Gasteiger partial charge in [0.2, 0.25) is 5.95 Å². The molecule has 0 saturated carbocycles. The summed E-state index contributed by atoms with van der Waals surface area (Å²) >= 11 is 0. The molecule has 0 radical (unpaired) electrons. The van der Waals surface area contributed by atoms with Crippen molar-refractivity contribution in [3.05, 3.63) is 12.0 Å². The van der Waals surface area contributed by atoms with Gasteiger partial charge in [-0.15, -0.1) is 0 Å². The molecule has 2 atom stereocenters. The highest BCUT2D eigenvalue weighted by atomic mass is 19.1. The molecule has 0 unspecified atom stereocenters. The molecule has 0 bridgehead atoms. The lowest BCUT2D eigenvalue weighted by Crippen LogP contribution is -2.54. The van der Waals surface area contributed by atoms with E-state index in [1.807, 2.05) is 16.7 Å². The first-order valence-corrected chi connectivity index (χ1v) is 8.91. The third-order valence-electron chi connectivity index (χ3n) is 5.35. The number of piperidine rings is 1. The Morgan fingerprint density at radius 3 is 2.71 bits per heavy atom. The van der Waals surface area contributed by atoms with E-state index in [0.717, 1.165) is 38.8 Å². The van der Waals surface area contributed by atoms with Crippen LogP contribution in [0.2, 0.25) is 0 Å². The molecule has 2 fully saturated rings. The minimum absolute atomic E-state index is 0.0708. The summed E-state index contributed by atoms with van der Waals surface area (Å²) in [5.74, 6) is 0.465. The van der Waals surface area contributed by atoms with E-state index in [4.69, 9.17) is 0 Å². The van der Waals surface area contributed by atoms with Crippen LogP contribution >= 0.6 is 0 Å². The van der Waals surface area contributed by atoms with Crippen LogP contribution < -0.4 is 9.80 Å². The van der Waals surface area contributed by atoms with Crippen molar-refractivity contribution in [2.24, 2.45) is 5.41 Å². The van der Waals surface area contributed by atoms with Crippen molar-refractivity contribution in [2.45, 2.75) is 45.1 Å². The van der Waals surface area contributed by atoms with Gasteiger partial charge in [-0.05, 0) is 25.7 Å². The van der Waals surface area contributed by atoms with Crippen LogP contribution in [0.25, 0.3) is 0 Å². The van der Waals surface area contributed by atoms with E-state index >= 15 is 0 Å². The number of anilines is 2. The molecule has 2 aliphatic rings. The van der Waals surface area contributed by atoms with Gasteiger partial charge in [-0.1, -0.05) is 13.3 Å². The molecule has 134 valence electrons. The average molecular weight is 338 g/mol. The van der Waals surface area contributed by atoms with Gasteiger partial charge in [-0.2, -0.15) is 4.98 Å². The molecule has 3 heterocycles. The monoisotopic (exact) mass is 338 g/mol. The number of halogens is 1. The second-order valence-electron chi connectivity index (χ2n) is 7.03. The van der Waals surface area contributed by atoms with E-state index in [2.05, 4.69) is 9.97 Å². The largest absolute Gasteiger partial charge is 0.396 e. The predicted octanol–water partition coefficient (Wildman–Crippen LogP) is 1.57. The Labute approximate surface area is 142 Å². The molecule has 0 amide bonds. The number of hydrogen-bond donors (Lipinski definition) is 2. The number of aliphatic hydroxyl groups is 2. The molecule has 24 heavy (non-hydrogen) atoms. The fourth-order valence-corrected chi connectivity index (χ4v) is 3.95. The lowest BCUT2D eigenvalue weighted by atomic mass is 9.74. The van der Waals surface area contributed by atoms with Crippen molar-refractivity contribution in [1.29, 1.82) is 0 Å². The van der Waals surface area contributed by atoms with Crippen LogP contribution in [0.3, 0.4) is 0 Å². The minimum atomic E-state index is -0.557. The van der Waals surface area contributed by atoms with Crippen LogP contribution in [0.15, 0.2) is 6.20 Å². The highest BCUT2D eigenvalue weighted by Crippen LogP contribution is 2.36. The fraction of sp³-hybridized carbons (Fsp3) is 0.765. The Morgan fingerprint density at radius 1 is 1.29 bits per heavy atom. The number of nitrogens with zero attached hydrogens (tertiary/aromatic N) is 4. The first kappa shape index (κ1) is 17.4.